The number of sulfonamides is 1. The number of amides is 1. The highest BCUT2D eigenvalue weighted by atomic mass is 35.5. The first kappa shape index (κ1) is 23.2. The van der Waals surface area contributed by atoms with E-state index in [1.807, 2.05) is 0 Å². The van der Waals surface area contributed by atoms with Crippen LogP contribution in [0.3, 0.4) is 0 Å². The van der Waals surface area contributed by atoms with Crippen LogP contribution in [0.2, 0.25) is 5.02 Å². The largest absolute Gasteiger partial charge is 0.467 e. The van der Waals surface area contributed by atoms with E-state index in [0.717, 1.165) is 10.4 Å². The average Bonchev–Trinajstić information content (AvgIpc) is 3.12. The number of alkyl halides is 3. The highest BCUT2D eigenvalue weighted by molar-refractivity contribution is 7.89. The molecule has 1 aromatic carbocycles. The van der Waals surface area contributed by atoms with Crippen molar-refractivity contribution in [1.82, 2.24) is 9.21 Å². The van der Waals surface area contributed by atoms with E-state index in [1.165, 1.54) is 37.6 Å². The Morgan fingerprint density at radius 3 is 2.41 bits per heavy atom. The van der Waals surface area contributed by atoms with Crippen LogP contribution in [0.1, 0.15) is 30.0 Å². The van der Waals surface area contributed by atoms with Gasteiger partial charge in [0, 0.05) is 13.1 Å². The van der Waals surface area contributed by atoms with E-state index in [1.54, 1.807) is 13.8 Å². The van der Waals surface area contributed by atoms with Crippen molar-refractivity contribution < 1.29 is 30.8 Å². The Balaban J connectivity index is 2.45. The first-order chi connectivity index (χ1) is 13.3. The van der Waals surface area contributed by atoms with Gasteiger partial charge in [-0.3, -0.25) is 4.79 Å². The highest BCUT2D eigenvalue weighted by Crippen LogP contribution is 2.27. The third-order valence-electron chi connectivity index (χ3n) is 4.16. The fraction of sp³-hybridized carbons (Fsp3) is 0.389. The number of hydrogen-bond acceptors (Lipinski definition) is 4. The molecule has 0 spiro atoms. The van der Waals surface area contributed by atoms with Gasteiger partial charge < -0.3 is 9.32 Å². The van der Waals surface area contributed by atoms with E-state index in [-0.39, 0.29) is 27.3 Å². The number of carbonyl (C=O) groups is 1. The van der Waals surface area contributed by atoms with Crippen LogP contribution in [0.25, 0.3) is 0 Å². The Labute approximate surface area is 171 Å². The Morgan fingerprint density at radius 2 is 1.90 bits per heavy atom. The summed E-state index contributed by atoms with van der Waals surface area (Å²) < 4.78 is 70.5. The SMILES string of the molecule is CC(C)N(C)S(=O)(=O)c1ccc(Cl)c(C(=O)N(Cc2ccco2)CC(F)(F)F)c1. The summed E-state index contributed by atoms with van der Waals surface area (Å²) in [5, 5.41) is -0.159. The second kappa shape index (κ2) is 8.76. The molecule has 0 aliphatic carbocycles. The molecule has 2 aromatic rings. The number of furan rings is 1. The van der Waals surface area contributed by atoms with Crippen LogP contribution in [-0.2, 0) is 16.6 Å². The van der Waals surface area contributed by atoms with Gasteiger partial charge in [-0.2, -0.15) is 17.5 Å². The molecule has 0 N–H and O–H groups in total. The molecule has 1 aromatic heterocycles. The second-order valence-corrected chi connectivity index (χ2v) is 9.02. The maximum Gasteiger partial charge on any atom is 0.406 e. The lowest BCUT2D eigenvalue weighted by Crippen LogP contribution is -2.38. The van der Waals surface area contributed by atoms with Crippen molar-refractivity contribution in [3.05, 3.63) is 52.9 Å². The molecule has 0 fully saturated rings. The summed E-state index contributed by atoms with van der Waals surface area (Å²) in [6.07, 6.45) is -3.40. The first-order valence-electron chi connectivity index (χ1n) is 8.49. The topological polar surface area (TPSA) is 70.8 Å². The Hall–Kier alpha value is -2.04. The molecule has 0 saturated carbocycles. The Bertz CT molecular complexity index is 960. The van der Waals surface area contributed by atoms with E-state index in [2.05, 4.69) is 0 Å². The number of rotatable bonds is 7. The molecular weight excluding hydrogens is 433 g/mol. The van der Waals surface area contributed by atoms with Gasteiger partial charge in [-0.25, -0.2) is 8.42 Å². The summed E-state index contributed by atoms with van der Waals surface area (Å²) >= 11 is 6.02. The third kappa shape index (κ3) is 5.74. The molecule has 6 nitrogen and oxygen atoms in total. The molecule has 0 atom stereocenters. The predicted octanol–water partition coefficient (Wildman–Crippen LogP) is 4.17. The van der Waals surface area contributed by atoms with Crippen molar-refractivity contribution in [3.8, 4) is 0 Å². The van der Waals surface area contributed by atoms with Gasteiger partial charge >= 0.3 is 6.18 Å². The average molecular weight is 453 g/mol. The minimum absolute atomic E-state index is 0.141. The molecule has 0 aliphatic rings. The van der Waals surface area contributed by atoms with Crippen LogP contribution >= 0.6 is 11.6 Å². The van der Waals surface area contributed by atoms with Gasteiger partial charge in [0.2, 0.25) is 10.0 Å². The van der Waals surface area contributed by atoms with Gasteiger partial charge in [0.15, 0.2) is 0 Å². The summed E-state index contributed by atoms with van der Waals surface area (Å²) in [5.41, 5.74) is -0.347. The second-order valence-electron chi connectivity index (χ2n) is 6.61. The lowest BCUT2D eigenvalue weighted by atomic mass is 10.2. The molecule has 0 bridgehead atoms. The van der Waals surface area contributed by atoms with Gasteiger partial charge in [0.05, 0.1) is 28.3 Å². The molecule has 1 amide bonds. The van der Waals surface area contributed by atoms with Gasteiger partial charge in [-0.05, 0) is 44.2 Å². The summed E-state index contributed by atoms with van der Waals surface area (Å²) in [6, 6.07) is 5.91. The van der Waals surface area contributed by atoms with E-state index < -0.39 is 35.2 Å². The zero-order valence-electron chi connectivity index (χ0n) is 15.9. The molecule has 0 saturated heterocycles. The van der Waals surface area contributed by atoms with Crippen LogP contribution in [0, 0.1) is 0 Å². The molecule has 0 aliphatic heterocycles. The molecule has 1 heterocycles. The van der Waals surface area contributed by atoms with Gasteiger partial charge in [-0.15, -0.1) is 0 Å². The van der Waals surface area contributed by atoms with E-state index >= 15 is 0 Å². The monoisotopic (exact) mass is 452 g/mol. The zero-order chi connectivity index (χ0) is 22.0. The van der Waals surface area contributed by atoms with Crippen molar-refractivity contribution in [3.63, 3.8) is 0 Å². The minimum Gasteiger partial charge on any atom is -0.467 e. The standard InChI is InChI=1S/C18H20ClF3N2O4S/c1-12(2)23(3)29(26,27)14-6-7-16(19)15(9-14)17(25)24(11-18(20,21)22)10-13-5-4-8-28-13/h4-9,12H,10-11H2,1-3H3. The van der Waals surface area contributed by atoms with Gasteiger partial charge in [0.1, 0.15) is 12.3 Å². The normalized spacial score (nSPS) is 12.6. The smallest absolute Gasteiger partial charge is 0.406 e. The Morgan fingerprint density at radius 1 is 1.24 bits per heavy atom. The van der Waals surface area contributed by atoms with Crippen molar-refractivity contribution >= 4 is 27.5 Å². The van der Waals surface area contributed by atoms with E-state index in [0.29, 0.717) is 4.90 Å². The molecule has 0 unspecified atom stereocenters. The first-order valence-corrected chi connectivity index (χ1v) is 10.3. The molecule has 11 heteroatoms. The summed E-state index contributed by atoms with van der Waals surface area (Å²) in [6.45, 7) is 1.32. The molecule has 2 rings (SSSR count). The molecule has 160 valence electrons. The summed E-state index contributed by atoms with van der Waals surface area (Å²) in [5.74, 6) is -0.921. The quantitative estimate of drug-likeness (QED) is 0.632. The summed E-state index contributed by atoms with van der Waals surface area (Å²) in [4.78, 5) is 13.1. The number of nitrogens with zero attached hydrogens (tertiary/aromatic N) is 2. The van der Waals surface area contributed by atoms with E-state index in [9.17, 15) is 26.4 Å². The van der Waals surface area contributed by atoms with Crippen LogP contribution in [-0.4, -0.2) is 49.3 Å². The van der Waals surface area contributed by atoms with Crippen molar-refractivity contribution in [1.29, 1.82) is 0 Å². The van der Waals surface area contributed by atoms with Gasteiger partial charge in [-0.1, -0.05) is 11.6 Å². The number of benzene rings is 1. The minimum atomic E-state index is -4.67. The fourth-order valence-corrected chi connectivity index (χ4v) is 4.04. The van der Waals surface area contributed by atoms with Gasteiger partial charge in [0.25, 0.3) is 5.91 Å². The van der Waals surface area contributed by atoms with Crippen LogP contribution < -0.4 is 0 Å². The lowest BCUT2D eigenvalue weighted by molar-refractivity contribution is -0.142. The third-order valence-corrected chi connectivity index (χ3v) is 6.52. The zero-order valence-corrected chi connectivity index (χ0v) is 17.5. The van der Waals surface area contributed by atoms with Crippen molar-refractivity contribution in [2.75, 3.05) is 13.6 Å². The fourth-order valence-electron chi connectivity index (χ4n) is 2.45. The predicted molar refractivity (Wildman–Crippen MR) is 101 cm³/mol. The van der Waals surface area contributed by atoms with Crippen molar-refractivity contribution in [2.24, 2.45) is 0 Å². The van der Waals surface area contributed by atoms with Crippen LogP contribution in [0.4, 0.5) is 13.2 Å². The maximum absolute atomic E-state index is 13.0. The molecule has 0 radical (unpaired) electrons. The molecule has 29 heavy (non-hydrogen) atoms. The van der Waals surface area contributed by atoms with Crippen LogP contribution in [0.15, 0.2) is 45.9 Å². The number of carbonyl (C=O) groups excluding carboxylic acids is 1. The van der Waals surface area contributed by atoms with Crippen LogP contribution in [0.5, 0.6) is 0 Å². The Kier molecular flexibility index (Phi) is 7.02. The maximum atomic E-state index is 13.0. The molecular formula is C18H20ClF3N2O4S. The summed E-state index contributed by atoms with van der Waals surface area (Å²) in [7, 11) is -2.59. The van der Waals surface area contributed by atoms with Crippen molar-refractivity contribution in [2.45, 2.75) is 37.5 Å². The van der Waals surface area contributed by atoms with E-state index in [4.69, 9.17) is 16.0 Å². The number of hydrogen-bond donors (Lipinski definition) is 0. The lowest BCUT2D eigenvalue weighted by Gasteiger charge is -2.24. The highest BCUT2D eigenvalue weighted by Gasteiger charge is 2.35. The number of halogens is 4.